The van der Waals surface area contributed by atoms with Gasteiger partial charge < -0.3 is 15.6 Å². The first kappa shape index (κ1) is 11.3. The highest BCUT2D eigenvalue weighted by molar-refractivity contribution is 9.10. The maximum Gasteiger partial charge on any atom is 0.139 e. The third-order valence-corrected chi connectivity index (χ3v) is 2.75. The second kappa shape index (κ2) is 4.19. The van der Waals surface area contributed by atoms with Crippen molar-refractivity contribution in [1.82, 2.24) is 0 Å². The van der Waals surface area contributed by atoms with Crippen molar-refractivity contribution in [2.45, 2.75) is 19.9 Å². The summed E-state index contributed by atoms with van der Waals surface area (Å²) in [5.74, 6) is 0.854. The average Bonchev–Trinajstić information content (AvgIpc) is 2.12. The van der Waals surface area contributed by atoms with Crippen LogP contribution in [0, 0.1) is 6.92 Å². The molecule has 3 nitrogen and oxygen atoms in total. The molecule has 0 aliphatic heterocycles. The molecule has 0 aliphatic rings. The largest absolute Gasteiger partial charge is 0.507 e. The summed E-state index contributed by atoms with van der Waals surface area (Å²) < 4.78 is 5.95. The van der Waals surface area contributed by atoms with Gasteiger partial charge in [-0.1, -0.05) is 0 Å². The zero-order chi connectivity index (χ0) is 10.9. The van der Waals surface area contributed by atoms with Gasteiger partial charge in [-0.25, -0.2) is 0 Å². The van der Waals surface area contributed by atoms with Crippen molar-refractivity contribution in [2.75, 3.05) is 7.11 Å². The van der Waals surface area contributed by atoms with Crippen LogP contribution < -0.4 is 10.5 Å². The molecule has 0 saturated heterocycles. The van der Waals surface area contributed by atoms with E-state index in [0.717, 1.165) is 10.0 Å². The summed E-state index contributed by atoms with van der Waals surface area (Å²) in [5, 5.41) is 9.82. The molecule has 0 bridgehead atoms. The van der Waals surface area contributed by atoms with E-state index in [9.17, 15) is 5.11 Å². The van der Waals surface area contributed by atoms with E-state index in [1.807, 2.05) is 6.92 Å². The number of methoxy groups -OCH3 is 1. The number of phenols is 1. The second-order valence-corrected chi connectivity index (χ2v) is 4.10. The number of benzene rings is 1. The lowest BCUT2D eigenvalue weighted by Crippen LogP contribution is -2.06. The highest BCUT2D eigenvalue weighted by atomic mass is 79.9. The van der Waals surface area contributed by atoms with Crippen molar-refractivity contribution >= 4 is 15.9 Å². The molecular formula is C10H14BrNO2. The fourth-order valence-corrected chi connectivity index (χ4v) is 2.08. The standard InChI is InChI=1S/C10H14BrNO2/c1-5-9(13)7(6(2)12)4-8(11)10(5)14-3/h4,6,13H,12H2,1-3H3. The molecule has 1 rings (SSSR count). The smallest absolute Gasteiger partial charge is 0.139 e. The predicted octanol–water partition coefficient (Wildman–Crippen LogP) is 2.49. The van der Waals surface area contributed by atoms with Crippen molar-refractivity contribution in [3.05, 3.63) is 21.7 Å². The Bertz CT molecular complexity index is 350. The Balaban J connectivity index is 3.40. The number of nitrogens with two attached hydrogens (primary N) is 1. The summed E-state index contributed by atoms with van der Waals surface area (Å²) in [7, 11) is 1.57. The molecule has 1 aromatic carbocycles. The molecule has 4 heteroatoms. The maximum atomic E-state index is 9.82. The van der Waals surface area contributed by atoms with Gasteiger partial charge in [0.25, 0.3) is 0 Å². The van der Waals surface area contributed by atoms with E-state index in [4.69, 9.17) is 10.5 Å². The summed E-state index contributed by atoms with van der Waals surface area (Å²) in [6.45, 7) is 3.62. The SMILES string of the molecule is COc1c(Br)cc(C(C)N)c(O)c1C. The number of ether oxygens (including phenoxy) is 1. The zero-order valence-electron chi connectivity index (χ0n) is 8.47. The van der Waals surface area contributed by atoms with Crippen molar-refractivity contribution in [1.29, 1.82) is 0 Å². The van der Waals surface area contributed by atoms with Gasteiger partial charge >= 0.3 is 0 Å². The third-order valence-electron chi connectivity index (χ3n) is 2.16. The quantitative estimate of drug-likeness (QED) is 0.858. The van der Waals surface area contributed by atoms with Crippen molar-refractivity contribution in [2.24, 2.45) is 5.73 Å². The van der Waals surface area contributed by atoms with E-state index in [-0.39, 0.29) is 11.8 Å². The Morgan fingerprint density at radius 3 is 2.57 bits per heavy atom. The van der Waals surface area contributed by atoms with Gasteiger partial charge in [0.1, 0.15) is 11.5 Å². The van der Waals surface area contributed by atoms with Crippen molar-refractivity contribution in [3.8, 4) is 11.5 Å². The normalized spacial score (nSPS) is 12.6. The van der Waals surface area contributed by atoms with Crippen LogP contribution in [-0.4, -0.2) is 12.2 Å². The van der Waals surface area contributed by atoms with E-state index in [0.29, 0.717) is 11.3 Å². The number of hydrogen-bond acceptors (Lipinski definition) is 3. The van der Waals surface area contributed by atoms with Crippen LogP contribution in [0.25, 0.3) is 0 Å². The molecule has 1 aromatic rings. The molecule has 0 aliphatic carbocycles. The number of aromatic hydroxyl groups is 1. The minimum Gasteiger partial charge on any atom is -0.507 e. The van der Waals surface area contributed by atoms with Gasteiger partial charge in [-0.15, -0.1) is 0 Å². The number of halogens is 1. The second-order valence-electron chi connectivity index (χ2n) is 3.24. The Kier molecular flexibility index (Phi) is 3.39. The average molecular weight is 260 g/mol. The molecule has 0 saturated carbocycles. The van der Waals surface area contributed by atoms with Crippen LogP contribution >= 0.6 is 15.9 Å². The topological polar surface area (TPSA) is 55.5 Å². The lowest BCUT2D eigenvalue weighted by Gasteiger charge is -2.15. The molecule has 14 heavy (non-hydrogen) atoms. The number of hydrogen-bond donors (Lipinski definition) is 2. The summed E-state index contributed by atoms with van der Waals surface area (Å²) >= 11 is 3.37. The van der Waals surface area contributed by atoms with Crippen LogP contribution in [-0.2, 0) is 0 Å². The van der Waals surface area contributed by atoms with Crippen molar-refractivity contribution in [3.63, 3.8) is 0 Å². The predicted molar refractivity (Wildman–Crippen MR) is 59.7 cm³/mol. The Labute approximate surface area is 92.0 Å². The van der Waals surface area contributed by atoms with E-state index < -0.39 is 0 Å². The highest BCUT2D eigenvalue weighted by Gasteiger charge is 2.15. The summed E-state index contributed by atoms with van der Waals surface area (Å²) in [6.07, 6.45) is 0. The lowest BCUT2D eigenvalue weighted by atomic mass is 10.0. The van der Waals surface area contributed by atoms with E-state index in [2.05, 4.69) is 15.9 Å². The Morgan fingerprint density at radius 2 is 2.14 bits per heavy atom. The lowest BCUT2D eigenvalue weighted by molar-refractivity contribution is 0.398. The molecule has 0 spiro atoms. The monoisotopic (exact) mass is 259 g/mol. The summed E-state index contributed by atoms with van der Waals surface area (Å²) in [4.78, 5) is 0. The minimum absolute atomic E-state index is 0.198. The van der Waals surface area contributed by atoms with Gasteiger partial charge in [0.2, 0.25) is 0 Å². The van der Waals surface area contributed by atoms with Crippen molar-refractivity contribution < 1.29 is 9.84 Å². The van der Waals surface area contributed by atoms with Crippen LogP contribution in [0.15, 0.2) is 10.5 Å². The first-order chi connectivity index (χ1) is 6.49. The molecule has 0 heterocycles. The molecule has 0 aromatic heterocycles. The molecule has 0 radical (unpaired) electrons. The van der Waals surface area contributed by atoms with Gasteiger partial charge in [-0.3, -0.25) is 0 Å². The number of phenolic OH excluding ortho intramolecular Hbond substituents is 1. The fraction of sp³-hybridized carbons (Fsp3) is 0.400. The van der Waals surface area contributed by atoms with E-state index in [1.54, 1.807) is 20.1 Å². The minimum atomic E-state index is -0.198. The van der Waals surface area contributed by atoms with Crippen LogP contribution in [0.1, 0.15) is 24.1 Å². The zero-order valence-corrected chi connectivity index (χ0v) is 10.1. The Hall–Kier alpha value is -0.740. The third kappa shape index (κ3) is 1.86. The van der Waals surface area contributed by atoms with Crippen LogP contribution in [0.2, 0.25) is 0 Å². The first-order valence-electron chi connectivity index (χ1n) is 4.30. The molecule has 0 fully saturated rings. The highest BCUT2D eigenvalue weighted by Crippen LogP contribution is 2.39. The molecule has 1 atom stereocenters. The molecule has 0 amide bonds. The Morgan fingerprint density at radius 1 is 1.57 bits per heavy atom. The molecule has 1 unspecified atom stereocenters. The van der Waals surface area contributed by atoms with Gasteiger partial charge in [0.15, 0.2) is 0 Å². The van der Waals surface area contributed by atoms with E-state index in [1.165, 1.54) is 0 Å². The number of rotatable bonds is 2. The van der Waals surface area contributed by atoms with Crippen LogP contribution in [0.3, 0.4) is 0 Å². The molecule has 3 N–H and O–H groups in total. The van der Waals surface area contributed by atoms with Gasteiger partial charge in [0, 0.05) is 17.2 Å². The summed E-state index contributed by atoms with van der Waals surface area (Å²) in [6, 6.07) is 1.59. The molecule has 78 valence electrons. The fourth-order valence-electron chi connectivity index (χ4n) is 1.37. The van der Waals surface area contributed by atoms with Gasteiger partial charge in [-0.2, -0.15) is 0 Å². The summed E-state index contributed by atoms with van der Waals surface area (Å²) in [5.41, 5.74) is 7.14. The van der Waals surface area contributed by atoms with Gasteiger partial charge in [0.05, 0.1) is 11.6 Å². The van der Waals surface area contributed by atoms with E-state index >= 15 is 0 Å². The van der Waals surface area contributed by atoms with Gasteiger partial charge in [-0.05, 0) is 35.8 Å². The molecular weight excluding hydrogens is 246 g/mol. The maximum absolute atomic E-state index is 9.82. The van der Waals surface area contributed by atoms with Crippen LogP contribution in [0.5, 0.6) is 11.5 Å². The van der Waals surface area contributed by atoms with Crippen LogP contribution in [0.4, 0.5) is 0 Å². The first-order valence-corrected chi connectivity index (χ1v) is 5.09.